The third kappa shape index (κ3) is 4.07. The fourth-order valence-electron chi connectivity index (χ4n) is 2.34. The van der Waals surface area contributed by atoms with Gasteiger partial charge < -0.3 is 20.3 Å². The zero-order chi connectivity index (χ0) is 19.6. The molecule has 0 atom stereocenters. The van der Waals surface area contributed by atoms with E-state index in [9.17, 15) is 14.7 Å². The number of aryl methyl sites for hydroxylation is 1. The van der Waals surface area contributed by atoms with Gasteiger partial charge in [-0.2, -0.15) is 0 Å². The molecule has 8 nitrogen and oxygen atoms in total. The zero-order valence-corrected chi connectivity index (χ0v) is 16.0. The molecule has 140 valence electrons. The minimum atomic E-state index is -1.19. The smallest absolute Gasteiger partial charge is 0.407 e. The van der Waals surface area contributed by atoms with Crippen molar-refractivity contribution in [2.75, 3.05) is 7.11 Å². The maximum atomic E-state index is 11.2. The summed E-state index contributed by atoms with van der Waals surface area (Å²) in [7, 11) is 1.30. The molecule has 0 bridgehead atoms. The van der Waals surface area contributed by atoms with Crippen LogP contribution in [0.5, 0.6) is 5.75 Å². The lowest BCUT2D eigenvalue weighted by Crippen LogP contribution is -2.22. The molecule has 0 radical (unpaired) electrons. The average Bonchev–Trinajstić information content (AvgIpc) is 3.25. The van der Waals surface area contributed by atoms with Gasteiger partial charge in [-0.05, 0) is 19.1 Å². The highest BCUT2D eigenvalue weighted by molar-refractivity contribution is 7.16. The van der Waals surface area contributed by atoms with E-state index < -0.39 is 12.1 Å². The van der Waals surface area contributed by atoms with Crippen molar-refractivity contribution in [3.05, 3.63) is 39.8 Å². The van der Waals surface area contributed by atoms with Gasteiger partial charge in [-0.1, -0.05) is 6.07 Å². The number of carboxylic acid groups (broad SMARTS) is 1. The van der Waals surface area contributed by atoms with Gasteiger partial charge in [-0.25, -0.2) is 19.6 Å². The Morgan fingerprint density at radius 2 is 2.07 bits per heavy atom. The summed E-state index contributed by atoms with van der Waals surface area (Å²) in [5, 5.41) is 24.7. The fourth-order valence-corrected chi connectivity index (χ4v) is 4.19. The summed E-state index contributed by atoms with van der Waals surface area (Å²) in [5.41, 5.74) is 2.00. The highest BCUT2D eigenvalue weighted by atomic mass is 32.1. The van der Waals surface area contributed by atoms with Gasteiger partial charge in [0, 0.05) is 10.9 Å². The number of aromatic hydroxyl groups is 1. The van der Waals surface area contributed by atoms with Crippen molar-refractivity contribution in [1.29, 1.82) is 0 Å². The van der Waals surface area contributed by atoms with Crippen LogP contribution in [0, 0.1) is 6.92 Å². The Bertz CT molecular complexity index is 1010. The molecule has 0 saturated carbocycles. The number of phenols is 1. The molecular weight excluding hydrogens is 390 g/mol. The van der Waals surface area contributed by atoms with Crippen molar-refractivity contribution in [2.45, 2.75) is 13.5 Å². The van der Waals surface area contributed by atoms with E-state index in [0.717, 1.165) is 21.3 Å². The first kappa shape index (κ1) is 18.8. The number of nitrogens with one attached hydrogen (secondary N) is 1. The Balaban J connectivity index is 1.84. The number of aromatic carboxylic acids is 1. The lowest BCUT2D eigenvalue weighted by molar-refractivity contribution is 0.0693. The quantitative estimate of drug-likeness (QED) is 0.594. The highest BCUT2D eigenvalue weighted by Gasteiger charge is 2.16. The second-order valence-corrected chi connectivity index (χ2v) is 7.38. The van der Waals surface area contributed by atoms with Gasteiger partial charge >= 0.3 is 12.1 Å². The summed E-state index contributed by atoms with van der Waals surface area (Å²) in [6.45, 7) is 2.12. The van der Waals surface area contributed by atoms with E-state index in [1.807, 2.05) is 12.3 Å². The molecule has 0 spiro atoms. The van der Waals surface area contributed by atoms with Crippen LogP contribution in [0.1, 0.15) is 21.1 Å². The maximum Gasteiger partial charge on any atom is 0.407 e. The Morgan fingerprint density at radius 1 is 1.30 bits per heavy atom. The first-order valence-electron chi connectivity index (χ1n) is 7.69. The first-order chi connectivity index (χ1) is 12.9. The number of hydrogen-bond acceptors (Lipinski definition) is 8. The number of alkyl carbamates (subject to hydrolysis) is 1. The predicted molar refractivity (Wildman–Crippen MR) is 101 cm³/mol. The number of carbonyl (C=O) groups is 2. The first-order valence-corrected chi connectivity index (χ1v) is 9.39. The normalized spacial score (nSPS) is 10.6. The zero-order valence-electron chi connectivity index (χ0n) is 14.3. The van der Waals surface area contributed by atoms with Crippen molar-refractivity contribution >= 4 is 34.7 Å². The number of rotatable bonds is 5. The summed E-state index contributed by atoms with van der Waals surface area (Å²) in [6, 6.07) is 4.34. The molecule has 2 heterocycles. The van der Waals surface area contributed by atoms with Crippen LogP contribution < -0.4 is 5.32 Å². The van der Waals surface area contributed by atoms with E-state index >= 15 is 0 Å². The molecule has 0 aliphatic rings. The standard InChI is InChI=1S/C17H15N3O5S2/c1-8-14(27-13(19-8)6-18-17(24)25-2)11-7-26-15(20-11)9-3-4-10(16(22)23)12(21)5-9/h3-5,7,21H,6H2,1-2H3,(H,18,24)(H,22,23). The Hall–Kier alpha value is -2.98. The van der Waals surface area contributed by atoms with Crippen LogP contribution in [0.25, 0.3) is 21.1 Å². The lowest BCUT2D eigenvalue weighted by Gasteiger charge is -2.01. The van der Waals surface area contributed by atoms with Gasteiger partial charge in [0.05, 0.1) is 29.9 Å². The van der Waals surface area contributed by atoms with E-state index in [4.69, 9.17) is 5.11 Å². The number of hydrogen-bond donors (Lipinski definition) is 3. The summed E-state index contributed by atoms with van der Waals surface area (Å²) >= 11 is 2.80. The van der Waals surface area contributed by atoms with E-state index in [2.05, 4.69) is 20.0 Å². The minimum Gasteiger partial charge on any atom is -0.507 e. The van der Waals surface area contributed by atoms with Crippen LogP contribution in [0.15, 0.2) is 23.6 Å². The van der Waals surface area contributed by atoms with Gasteiger partial charge in [0.25, 0.3) is 0 Å². The van der Waals surface area contributed by atoms with E-state index in [1.165, 1.54) is 41.9 Å². The average molecular weight is 405 g/mol. The summed E-state index contributed by atoms with van der Waals surface area (Å²) in [5.74, 6) is -1.49. The van der Waals surface area contributed by atoms with Crippen LogP contribution in [-0.2, 0) is 11.3 Å². The molecule has 1 aromatic carbocycles. The van der Waals surface area contributed by atoms with E-state index in [-0.39, 0.29) is 17.9 Å². The molecule has 0 unspecified atom stereocenters. The largest absolute Gasteiger partial charge is 0.507 e. The minimum absolute atomic E-state index is 0.156. The van der Waals surface area contributed by atoms with Gasteiger partial charge in [0.2, 0.25) is 0 Å². The van der Waals surface area contributed by atoms with Crippen molar-refractivity contribution in [1.82, 2.24) is 15.3 Å². The fraction of sp³-hybridized carbons (Fsp3) is 0.176. The monoisotopic (exact) mass is 405 g/mol. The molecule has 3 rings (SSSR count). The number of ether oxygens (including phenoxy) is 1. The van der Waals surface area contributed by atoms with E-state index in [0.29, 0.717) is 10.6 Å². The number of amides is 1. The molecule has 0 aliphatic heterocycles. The number of nitrogens with zero attached hydrogens (tertiary/aromatic N) is 2. The molecule has 0 aliphatic carbocycles. The molecule has 2 aromatic heterocycles. The SMILES string of the molecule is COC(=O)NCc1nc(C)c(-c2csc(-c3ccc(C(=O)O)c(O)c3)n2)s1. The van der Waals surface area contributed by atoms with Gasteiger partial charge in [-0.3, -0.25) is 0 Å². The number of carbonyl (C=O) groups excluding carboxylic acids is 1. The van der Waals surface area contributed by atoms with Crippen LogP contribution in [-0.4, -0.2) is 39.4 Å². The van der Waals surface area contributed by atoms with Crippen molar-refractivity contribution < 1.29 is 24.5 Å². The van der Waals surface area contributed by atoms with Crippen LogP contribution >= 0.6 is 22.7 Å². The predicted octanol–water partition coefficient (Wildman–Crippen LogP) is 3.50. The van der Waals surface area contributed by atoms with Gasteiger partial charge in [0.15, 0.2) is 0 Å². The third-order valence-electron chi connectivity index (χ3n) is 3.62. The number of aromatic nitrogens is 2. The number of thiazole rings is 2. The second kappa shape index (κ2) is 7.72. The molecule has 27 heavy (non-hydrogen) atoms. The Kier molecular flexibility index (Phi) is 5.38. The molecular formula is C17H15N3O5S2. The van der Waals surface area contributed by atoms with Crippen LogP contribution in [0.2, 0.25) is 0 Å². The van der Waals surface area contributed by atoms with Crippen LogP contribution in [0.3, 0.4) is 0 Å². The molecule has 0 fully saturated rings. The molecule has 3 aromatic rings. The van der Waals surface area contributed by atoms with E-state index in [1.54, 1.807) is 6.07 Å². The Labute approximate surface area is 162 Å². The van der Waals surface area contributed by atoms with Crippen molar-refractivity contribution in [2.24, 2.45) is 0 Å². The molecule has 1 amide bonds. The topological polar surface area (TPSA) is 122 Å². The van der Waals surface area contributed by atoms with Crippen molar-refractivity contribution in [3.63, 3.8) is 0 Å². The molecule has 10 heteroatoms. The lowest BCUT2D eigenvalue weighted by atomic mass is 10.1. The number of carboxylic acids is 1. The third-order valence-corrected chi connectivity index (χ3v) is 5.69. The molecule has 3 N–H and O–H groups in total. The summed E-state index contributed by atoms with van der Waals surface area (Å²) in [4.78, 5) is 32.1. The number of methoxy groups -OCH3 is 1. The highest BCUT2D eigenvalue weighted by Crippen LogP contribution is 2.35. The number of benzene rings is 1. The Morgan fingerprint density at radius 3 is 2.74 bits per heavy atom. The van der Waals surface area contributed by atoms with Gasteiger partial charge in [0.1, 0.15) is 21.3 Å². The van der Waals surface area contributed by atoms with Crippen molar-refractivity contribution in [3.8, 4) is 26.9 Å². The summed E-state index contributed by atoms with van der Waals surface area (Å²) < 4.78 is 4.54. The van der Waals surface area contributed by atoms with Gasteiger partial charge in [-0.15, -0.1) is 22.7 Å². The second-order valence-electron chi connectivity index (χ2n) is 5.44. The molecule has 0 saturated heterocycles. The maximum absolute atomic E-state index is 11.2. The summed E-state index contributed by atoms with van der Waals surface area (Å²) in [6.07, 6.45) is -0.523. The van der Waals surface area contributed by atoms with Crippen LogP contribution in [0.4, 0.5) is 4.79 Å².